The van der Waals surface area contributed by atoms with Gasteiger partial charge in [-0.25, -0.2) is 4.39 Å². The zero-order valence-corrected chi connectivity index (χ0v) is 11.9. The highest BCUT2D eigenvalue weighted by molar-refractivity contribution is 5.99. The number of hydrogen-bond donors (Lipinski definition) is 1. The summed E-state index contributed by atoms with van der Waals surface area (Å²) < 4.78 is 14.5. The zero-order chi connectivity index (χ0) is 14.3. The van der Waals surface area contributed by atoms with E-state index >= 15 is 0 Å². The summed E-state index contributed by atoms with van der Waals surface area (Å²) >= 11 is 0. The van der Waals surface area contributed by atoms with Crippen molar-refractivity contribution in [3.8, 4) is 0 Å². The minimum atomic E-state index is -0.268. The summed E-state index contributed by atoms with van der Waals surface area (Å²) in [7, 11) is 0. The van der Waals surface area contributed by atoms with E-state index in [1.807, 2.05) is 12.1 Å². The van der Waals surface area contributed by atoms with Gasteiger partial charge >= 0.3 is 0 Å². The Bertz CT molecular complexity index is 641. The van der Waals surface area contributed by atoms with E-state index in [4.69, 9.17) is 5.73 Å². The molecule has 1 saturated heterocycles. The van der Waals surface area contributed by atoms with Crippen LogP contribution in [0.15, 0.2) is 24.4 Å². The number of benzene rings is 1. The maximum Gasteiger partial charge on any atom is 0.150 e. The Labute approximate surface area is 118 Å². The maximum atomic E-state index is 14.5. The lowest BCUT2D eigenvalue weighted by molar-refractivity contribution is 0.375. The standard InChI is InChI=1S/C16H20FN3/c1-10-5-7-20(11(2)8-10)16-13(17)9-14(18)12-4-3-6-19-15(12)16/h3-4,6,9-11H,5,7-8,18H2,1-2H3. The number of pyridine rings is 1. The van der Waals surface area contributed by atoms with E-state index in [9.17, 15) is 4.39 Å². The lowest BCUT2D eigenvalue weighted by Gasteiger charge is -2.38. The molecule has 2 aromatic rings. The summed E-state index contributed by atoms with van der Waals surface area (Å²) in [5.74, 6) is 0.424. The summed E-state index contributed by atoms with van der Waals surface area (Å²) in [6.07, 6.45) is 3.86. The van der Waals surface area contributed by atoms with Gasteiger partial charge in [0.1, 0.15) is 5.69 Å². The van der Waals surface area contributed by atoms with Crippen molar-refractivity contribution < 1.29 is 4.39 Å². The maximum absolute atomic E-state index is 14.5. The molecule has 0 amide bonds. The first-order valence-corrected chi connectivity index (χ1v) is 7.17. The Balaban J connectivity index is 2.16. The second kappa shape index (κ2) is 4.93. The quantitative estimate of drug-likeness (QED) is 0.807. The summed E-state index contributed by atoms with van der Waals surface area (Å²) in [4.78, 5) is 6.51. The molecule has 0 spiro atoms. The van der Waals surface area contributed by atoms with Crippen LogP contribution in [0.1, 0.15) is 26.7 Å². The van der Waals surface area contributed by atoms with Gasteiger partial charge in [0, 0.05) is 29.9 Å². The van der Waals surface area contributed by atoms with Crippen LogP contribution in [0.2, 0.25) is 0 Å². The molecular formula is C16H20FN3. The van der Waals surface area contributed by atoms with Gasteiger partial charge in [0.15, 0.2) is 5.82 Å². The number of nitrogens with zero attached hydrogens (tertiary/aromatic N) is 2. The Morgan fingerprint density at radius 2 is 2.20 bits per heavy atom. The molecule has 0 saturated carbocycles. The molecule has 2 atom stereocenters. The molecule has 2 N–H and O–H groups in total. The van der Waals surface area contributed by atoms with E-state index in [1.165, 1.54) is 6.07 Å². The van der Waals surface area contributed by atoms with E-state index in [0.717, 1.165) is 24.8 Å². The van der Waals surface area contributed by atoms with Crippen LogP contribution in [0.5, 0.6) is 0 Å². The number of halogens is 1. The minimum absolute atomic E-state index is 0.268. The minimum Gasteiger partial charge on any atom is -0.398 e. The van der Waals surface area contributed by atoms with E-state index < -0.39 is 0 Å². The second-order valence-corrected chi connectivity index (χ2v) is 5.87. The largest absolute Gasteiger partial charge is 0.398 e. The van der Waals surface area contributed by atoms with Crippen LogP contribution in [0, 0.1) is 11.7 Å². The van der Waals surface area contributed by atoms with Crippen LogP contribution in [0.25, 0.3) is 10.9 Å². The van der Waals surface area contributed by atoms with Gasteiger partial charge < -0.3 is 10.6 Å². The van der Waals surface area contributed by atoms with E-state index in [1.54, 1.807) is 6.20 Å². The highest BCUT2D eigenvalue weighted by atomic mass is 19.1. The number of piperidine rings is 1. The Hall–Kier alpha value is -1.84. The lowest BCUT2D eigenvalue weighted by Crippen LogP contribution is -2.41. The van der Waals surface area contributed by atoms with E-state index in [2.05, 4.69) is 23.7 Å². The summed E-state index contributed by atoms with van der Waals surface area (Å²) in [6.45, 7) is 5.28. The van der Waals surface area contributed by atoms with Crippen LogP contribution in [-0.4, -0.2) is 17.6 Å². The predicted molar refractivity (Wildman–Crippen MR) is 81.3 cm³/mol. The Morgan fingerprint density at radius 3 is 2.95 bits per heavy atom. The molecule has 1 aromatic heterocycles. The molecule has 0 aliphatic carbocycles. The fourth-order valence-electron chi connectivity index (χ4n) is 3.24. The van der Waals surface area contributed by atoms with Crippen LogP contribution >= 0.6 is 0 Å². The normalized spacial score (nSPS) is 23.2. The fraction of sp³-hybridized carbons (Fsp3) is 0.438. The van der Waals surface area contributed by atoms with Gasteiger partial charge in [0.25, 0.3) is 0 Å². The van der Waals surface area contributed by atoms with Crippen LogP contribution < -0.4 is 10.6 Å². The molecule has 1 aliphatic heterocycles. The number of hydrogen-bond acceptors (Lipinski definition) is 3. The van der Waals surface area contributed by atoms with Crippen molar-refractivity contribution in [3.05, 3.63) is 30.2 Å². The van der Waals surface area contributed by atoms with Gasteiger partial charge in [0.05, 0.1) is 5.52 Å². The van der Waals surface area contributed by atoms with Gasteiger partial charge in [-0.05, 0) is 43.9 Å². The van der Waals surface area contributed by atoms with Crippen molar-refractivity contribution in [3.63, 3.8) is 0 Å². The number of nitrogen functional groups attached to an aromatic ring is 1. The summed E-state index contributed by atoms with van der Waals surface area (Å²) in [6, 6.07) is 5.48. The molecule has 106 valence electrons. The van der Waals surface area contributed by atoms with Crippen molar-refractivity contribution in [2.75, 3.05) is 17.2 Å². The molecular weight excluding hydrogens is 253 g/mol. The predicted octanol–water partition coefficient (Wildman–Crippen LogP) is 3.58. The number of aromatic nitrogens is 1. The van der Waals surface area contributed by atoms with Crippen LogP contribution in [0.4, 0.5) is 15.8 Å². The van der Waals surface area contributed by atoms with Gasteiger partial charge in [-0.15, -0.1) is 0 Å². The molecule has 0 bridgehead atoms. The number of nitrogens with two attached hydrogens (primary N) is 1. The van der Waals surface area contributed by atoms with Crippen molar-refractivity contribution in [2.45, 2.75) is 32.7 Å². The highest BCUT2D eigenvalue weighted by Crippen LogP contribution is 2.36. The SMILES string of the molecule is CC1CCN(c2c(F)cc(N)c3cccnc23)C(C)C1. The molecule has 1 aliphatic rings. The molecule has 0 radical (unpaired) electrons. The molecule has 3 nitrogen and oxygen atoms in total. The number of rotatable bonds is 1. The van der Waals surface area contributed by atoms with Crippen LogP contribution in [-0.2, 0) is 0 Å². The first-order chi connectivity index (χ1) is 9.58. The molecule has 20 heavy (non-hydrogen) atoms. The molecule has 4 heteroatoms. The van der Waals surface area contributed by atoms with Crippen LogP contribution in [0.3, 0.4) is 0 Å². The second-order valence-electron chi connectivity index (χ2n) is 5.87. The third kappa shape index (κ3) is 2.09. The third-order valence-electron chi connectivity index (χ3n) is 4.28. The third-order valence-corrected chi connectivity index (χ3v) is 4.28. The van der Waals surface area contributed by atoms with Crippen molar-refractivity contribution in [2.24, 2.45) is 5.92 Å². The molecule has 1 fully saturated rings. The average molecular weight is 273 g/mol. The Morgan fingerprint density at radius 1 is 1.40 bits per heavy atom. The van der Waals surface area contributed by atoms with Gasteiger partial charge in [-0.3, -0.25) is 4.98 Å². The zero-order valence-electron chi connectivity index (χ0n) is 11.9. The smallest absolute Gasteiger partial charge is 0.150 e. The van der Waals surface area contributed by atoms with Gasteiger partial charge in [-0.1, -0.05) is 6.92 Å². The van der Waals surface area contributed by atoms with E-state index in [-0.39, 0.29) is 5.82 Å². The summed E-state index contributed by atoms with van der Waals surface area (Å²) in [5.41, 5.74) is 7.64. The highest BCUT2D eigenvalue weighted by Gasteiger charge is 2.27. The van der Waals surface area contributed by atoms with Gasteiger partial charge in [-0.2, -0.15) is 0 Å². The molecule has 3 rings (SSSR count). The molecule has 2 heterocycles. The van der Waals surface area contributed by atoms with Crippen molar-refractivity contribution in [1.29, 1.82) is 0 Å². The monoisotopic (exact) mass is 273 g/mol. The van der Waals surface area contributed by atoms with E-state index in [0.29, 0.717) is 28.9 Å². The molecule has 1 aromatic carbocycles. The molecule has 2 unspecified atom stereocenters. The van der Waals surface area contributed by atoms with Crippen molar-refractivity contribution in [1.82, 2.24) is 4.98 Å². The average Bonchev–Trinajstić information content (AvgIpc) is 2.41. The fourth-order valence-corrected chi connectivity index (χ4v) is 3.24. The number of anilines is 2. The number of fused-ring (bicyclic) bond motifs is 1. The Kier molecular flexibility index (Phi) is 3.24. The van der Waals surface area contributed by atoms with Gasteiger partial charge in [0.2, 0.25) is 0 Å². The first-order valence-electron chi connectivity index (χ1n) is 7.17. The first kappa shape index (κ1) is 13.2. The van der Waals surface area contributed by atoms with Crippen molar-refractivity contribution >= 4 is 22.3 Å². The lowest BCUT2D eigenvalue weighted by atomic mass is 9.92. The topological polar surface area (TPSA) is 42.1 Å². The summed E-state index contributed by atoms with van der Waals surface area (Å²) in [5, 5.41) is 0.828.